The summed E-state index contributed by atoms with van der Waals surface area (Å²) >= 11 is 3.15. The summed E-state index contributed by atoms with van der Waals surface area (Å²) in [5.74, 6) is 0.276. The van der Waals surface area contributed by atoms with Crippen molar-refractivity contribution in [2.45, 2.75) is 0 Å². The molecule has 0 atom stereocenters. The van der Waals surface area contributed by atoms with Gasteiger partial charge in [0.15, 0.2) is 11.4 Å². The number of nitro benzene ring substituents is 1. The third-order valence-electron chi connectivity index (χ3n) is 1.83. The molecule has 0 aromatic heterocycles. The molecule has 0 bridgehead atoms. The lowest BCUT2D eigenvalue weighted by Gasteiger charge is -2.09. The van der Waals surface area contributed by atoms with E-state index in [0.29, 0.717) is 11.1 Å². The molecule has 0 fully saturated rings. The van der Waals surface area contributed by atoms with Gasteiger partial charge in [0.25, 0.3) is 5.69 Å². The van der Waals surface area contributed by atoms with Crippen LogP contribution >= 0.6 is 15.9 Å². The fraction of sp³-hybridized carbons (Fsp3) is 0.333. The highest BCUT2D eigenvalue weighted by Crippen LogP contribution is 2.35. The third-order valence-corrected chi connectivity index (χ3v) is 2.28. The Morgan fingerprint density at radius 3 is 2.75 bits per heavy atom. The molecule has 1 rings (SSSR count). The number of hydrogen-bond donors (Lipinski definition) is 1. The summed E-state index contributed by atoms with van der Waals surface area (Å²) in [6.07, 6.45) is 0. The molecule has 0 spiro atoms. The number of methoxy groups -OCH3 is 1. The van der Waals surface area contributed by atoms with Gasteiger partial charge in [-0.1, -0.05) is 15.9 Å². The minimum atomic E-state index is -0.552. The van der Waals surface area contributed by atoms with Crippen LogP contribution < -0.4 is 10.5 Å². The number of anilines is 1. The number of nitrogens with two attached hydrogens (primary N) is 1. The van der Waals surface area contributed by atoms with Crippen LogP contribution in [0.15, 0.2) is 16.6 Å². The summed E-state index contributed by atoms with van der Waals surface area (Å²) in [6, 6.07) is 2.91. The minimum absolute atomic E-state index is 0.0179. The molecule has 88 valence electrons. The molecule has 0 saturated heterocycles. The fourth-order valence-electron chi connectivity index (χ4n) is 1.08. The van der Waals surface area contributed by atoms with Crippen molar-refractivity contribution in [2.24, 2.45) is 0 Å². The van der Waals surface area contributed by atoms with E-state index in [-0.39, 0.29) is 23.7 Å². The topological polar surface area (TPSA) is 87.6 Å². The molecule has 0 saturated carbocycles. The van der Waals surface area contributed by atoms with Gasteiger partial charge in [-0.2, -0.15) is 0 Å². The van der Waals surface area contributed by atoms with Gasteiger partial charge in [-0.3, -0.25) is 10.1 Å². The maximum absolute atomic E-state index is 10.7. The molecule has 0 radical (unpaired) electrons. The number of nitro groups is 1. The number of benzene rings is 1. The van der Waals surface area contributed by atoms with E-state index in [1.54, 1.807) is 6.07 Å². The SMILES string of the molecule is COCCOc1cc(Br)cc([N+](=O)[O-])c1N. The molecule has 2 N–H and O–H groups in total. The van der Waals surface area contributed by atoms with Gasteiger partial charge in [-0.15, -0.1) is 0 Å². The molecule has 0 aliphatic carbocycles. The number of halogens is 1. The van der Waals surface area contributed by atoms with E-state index in [4.69, 9.17) is 15.2 Å². The maximum atomic E-state index is 10.7. The fourth-order valence-corrected chi connectivity index (χ4v) is 1.51. The number of nitrogen functional groups attached to an aromatic ring is 1. The van der Waals surface area contributed by atoms with Crippen LogP contribution in [0.3, 0.4) is 0 Å². The monoisotopic (exact) mass is 290 g/mol. The maximum Gasteiger partial charge on any atom is 0.297 e. The van der Waals surface area contributed by atoms with Crippen molar-refractivity contribution in [3.8, 4) is 5.75 Å². The zero-order chi connectivity index (χ0) is 12.1. The lowest BCUT2D eigenvalue weighted by Crippen LogP contribution is -2.07. The number of nitrogens with zero attached hydrogens (tertiary/aromatic N) is 1. The quantitative estimate of drug-likeness (QED) is 0.388. The van der Waals surface area contributed by atoms with Crippen molar-refractivity contribution in [1.29, 1.82) is 0 Å². The van der Waals surface area contributed by atoms with E-state index < -0.39 is 4.92 Å². The Bertz CT molecular complexity index is 397. The van der Waals surface area contributed by atoms with Gasteiger partial charge in [0.05, 0.1) is 11.5 Å². The van der Waals surface area contributed by atoms with Gasteiger partial charge in [0, 0.05) is 17.6 Å². The van der Waals surface area contributed by atoms with Crippen LogP contribution in [0.5, 0.6) is 5.75 Å². The van der Waals surface area contributed by atoms with Crippen LogP contribution in [-0.4, -0.2) is 25.2 Å². The Morgan fingerprint density at radius 2 is 2.19 bits per heavy atom. The average molecular weight is 291 g/mol. The van der Waals surface area contributed by atoms with Crippen LogP contribution in [0.25, 0.3) is 0 Å². The predicted molar refractivity (Wildman–Crippen MR) is 62.6 cm³/mol. The van der Waals surface area contributed by atoms with Gasteiger partial charge < -0.3 is 15.2 Å². The highest BCUT2D eigenvalue weighted by molar-refractivity contribution is 9.10. The van der Waals surface area contributed by atoms with Gasteiger partial charge >= 0.3 is 0 Å². The van der Waals surface area contributed by atoms with Crippen molar-refractivity contribution in [2.75, 3.05) is 26.1 Å². The van der Waals surface area contributed by atoms with E-state index >= 15 is 0 Å². The largest absolute Gasteiger partial charge is 0.489 e. The molecule has 0 unspecified atom stereocenters. The third kappa shape index (κ3) is 3.07. The molecule has 6 nitrogen and oxygen atoms in total. The van der Waals surface area contributed by atoms with Gasteiger partial charge in [0.2, 0.25) is 0 Å². The van der Waals surface area contributed by atoms with E-state index in [0.717, 1.165) is 0 Å². The van der Waals surface area contributed by atoms with Crippen molar-refractivity contribution >= 4 is 27.3 Å². The van der Waals surface area contributed by atoms with E-state index in [2.05, 4.69) is 15.9 Å². The first-order chi connectivity index (χ1) is 7.56. The Hall–Kier alpha value is -1.34. The van der Waals surface area contributed by atoms with E-state index in [1.165, 1.54) is 13.2 Å². The zero-order valence-electron chi connectivity index (χ0n) is 8.60. The van der Waals surface area contributed by atoms with Crippen molar-refractivity contribution in [3.63, 3.8) is 0 Å². The molecule has 0 heterocycles. The second-order valence-electron chi connectivity index (χ2n) is 2.94. The van der Waals surface area contributed by atoms with Gasteiger partial charge in [-0.25, -0.2) is 0 Å². The number of hydrogen-bond acceptors (Lipinski definition) is 5. The molecular formula is C9H11BrN2O4. The van der Waals surface area contributed by atoms with E-state index in [9.17, 15) is 10.1 Å². The Balaban J connectivity index is 2.95. The Kier molecular flexibility index (Phi) is 4.51. The summed E-state index contributed by atoms with van der Waals surface area (Å²) in [4.78, 5) is 10.1. The first-order valence-corrected chi connectivity index (χ1v) is 5.20. The van der Waals surface area contributed by atoms with Crippen LogP contribution in [0.4, 0.5) is 11.4 Å². The molecule has 0 aliphatic heterocycles. The lowest BCUT2D eigenvalue weighted by molar-refractivity contribution is -0.384. The molecule has 7 heteroatoms. The van der Waals surface area contributed by atoms with Crippen molar-refractivity contribution in [3.05, 3.63) is 26.7 Å². The second kappa shape index (κ2) is 5.66. The first kappa shape index (κ1) is 12.7. The van der Waals surface area contributed by atoms with Crippen LogP contribution in [0, 0.1) is 10.1 Å². The number of rotatable bonds is 5. The summed E-state index contributed by atoms with van der Waals surface area (Å²) in [5.41, 5.74) is 5.45. The molecule has 1 aromatic carbocycles. The highest BCUT2D eigenvalue weighted by atomic mass is 79.9. The summed E-state index contributed by atoms with van der Waals surface area (Å²) in [5, 5.41) is 10.7. The van der Waals surface area contributed by atoms with Crippen molar-refractivity contribution < 1.29 is 14.4 Å². The van der Waals surface area contributed by atoms with Gasteiger partial charge in [-0.05, 0) is 6.07 Å². The lowest BCUT2D eigenvalue weighted by atomic mass is 10.2. The van der Waals surface area contributed by atoms with E-state index in [1.807, 2.05) is 0 Å². The first-order valence-electron chi connectivity index (χ1n) is 4.41. The second-order valence-corrected chi connectivity index (χ2v) is 3.85. The Labute approximate surface area is 101 Å². The minimum Gasteiger partial charge on any atom is -0.489 e. The molecule has 1 aromatic rings. The van der Waals surface area contributed by atoms with Crippen LogP contribution in [-0.2, 0) is 4.74 Å². The summed E-state index contributed by atoms with van der Waals surface area (Å²) < 4.78 is 10.6. The summed E-state index contributed by atoms with van der Waals surface area (Å²) in [7, 11) is 1.54. The average Bonchev–Trinajstić information content (AvgIpc) is 2.22. The highest BCUT2D eigenvalue weighted by Gasteiger charge is 2.17. The molecule has 0 amide bonds. The smallest absolute Gasteiger partial charge is 0.297 e. The van der Waals surface area contributed by atoms with Crippen LogP contribution in [0.2, 0.25) is 0 Å². The van der Waals surface area contributed by atoms with Crippen molar-refractivity contribution in [1.82, 2.24) is 0 Å². The van der Waals surface area contributed by atoms with Gasteiger partial charge in [0.1, 0.15) is 6.61 Å². The number of ether oxygens (including phenoxy) is 2. The van der Waals surface area contributed by atoms with Crippen LogP contribution in [0.1, 0.15) is 0 Å². The molecule has 0 aliphatic rings. The zero-order valence-corrected chi connectivity index (χ0v) is 10.2. The molecule has 16 heavy (non-hydrogen) atoms. The molecular weight excluding hydrogens is 280 g/mol. The predicted octanol–water partition coefficient (Wildman–Crippen LogP) is 1.96. The Morgan fingerprint density at radius 1 is 1.50 bits per heavy atom. The summed E-state index contributed by atoms with van der Waals surface area (Å²) in [6.45, 7) is 0.675. The normalized spacial score (nSPS) is 10.1. The standard InChI is InChI=1S/C9H11BrN2O4/c1-15-2-3-16-8-5-6(10)4-7(9(8)11)12(13)14/h4-5H,2-3,11H2,1H3.